The van der Waals surface area contributed by atoms with Crippen molar-refractivity contribution in [3.8, 4) is 0 Å². The van der Waals surface area contributed by atoms with Gasteiger partial charge in [-0.05, 0) is 12.0 Å². The maximum absolute atomic E-state index is 13.7. The van der Waals surface area contributed by atoms with Gasteiger partial charge in [0.15, 0.2) is 11.6 Å². The lowest BCUT2D eigenvalue weighted by molar-refractivity contribution is 0.107. The fourth-order valence-electron chi connectivity index (χ4n) is 2.69. The molecule has 0 amide bonds. The fourth-order valence-corrected chi connectivity index (χ4v) is 2.69. The largest absolute Gasteiger partial charge is 0.314 e. The Labute approximate surface area is 113 Å². The highest BCUT2D eigenvalue weighted by molar-refractivity contribution is 5.19. The fraction of sp³-hybridized carbons (Fsp3) is 0.600. The second-order valence-corrected chi connectivity index (χ2v) is 5.34. The number of hydrogen-bond acceptors (Lipinski definition) is 2. The highest BCUT2D eigenvalue weighted by Gasteiger charge is 2.27. The first-order chi connectivity index (χ1) is 9.13. The number of hydrogen-bond donors (Lipinski definition) is 1. The summed E-state index contributed by atoms with van der Waals surface area (Å²) in [6.45, 7) is 7.58. The average Bonchev–Trinajstić information content (AvgIpc) is 2.43. The summed E-state index contributed by atoms with van der Waals surface area (Å²) in [6.07, 6.45) is 1.09. The SMILES string of the molecule is CCC(C)C1CNCCN1Cc1cccc(F)c1F. The van der Waals surface area contributed by atoms with Crippen LogP contribution in [0.3, 0.4) is 0 Å². The summed E-state index contributed by atoms with van der Waals surface area (Å²) in [7, 11) is 0. The number of nitrogens with one attached hydrogen (secondary N) is 1. The van der Waals surface area contributed by atoms with E-state index in [-0.39, 0.29) is 0 Å². The standard InChI is InChI=1S/C15H22F2N2/c1-3-11(2)14-9-18-7-8-19(14)10-12-5-4-6-13(16)15(12)17/h4-6,11,14,18H,3,7-10H2,1-2H3. The molecule has 0 bridgehead atoms. The van der Waals surface area contributed by atoms with E-state index in [4.69, 9.17) is 0 Å². The normalized spacial score (nSPS) is 22.4. The Kier molecular flexibility index (Phi) is 4.88. The van der Waals surface area contributed by atoms with Crippen LogP contribution in [0.4, 0.5) is 8.78 Å². The van der Waals surface area contributed by atoms with Crippen LogP contribution in [0.15, 0.2) is 18.2 Å². The first-order valence-corrected chi connectivity index (χ1v) is 7.01. The summed E-state index contributed by atoms with van der Waals surface area (Å²) in [5.74, 6) is -0.916. The zero-order valence-electron chi connectivity index (χ0n) is 11.6. The smallest absolute Gasteiger partial charge is 0.163 e. The van der Waals surface area contributed by atoms with Crippen molar-refractivity contribution in [2.75, 3.05) is 19.6 Å². The van der Waals surface area contributed by atoms with E-state index in [1.54, 1.807) is 12.1 Å². The van der Waals surface area contributed by atoms with Crippen LogP contribution < -0.4 is 5.32 Å². The third-order valence-electron chi connectivity index (χ3n) is 4.10. The Bertz CT molecular complexity index is 423. The van der Waals surface area contributed by atoms with E-state index in [2.05, 4.69) is 24.1 Å². The molecule has 0 aromatic heterocycles. The molecule has 4 heteroatoms. The van der Waals surface area contributed by atoms with Crippen molar-refractivity contribution in [1.82, 2.24) is 10.2 Å². The summed E-state index contributed by atoms with van der Waals surface area (Å²) in [5, 5.41) is 3.38. The predicted octanol–water partition coefficient (Wildman–Crippen LogP) is 2.78. The van der Waals surface area contributed by atoms with Crippen LogP contribution >= 0.6 is 0 Å². The monoisotopic (exact) mass is 268 g/mol. The Hall–Kier alpha value is -1.00. The van der Waals surface area contributed by atoms with E-state index in [9.17, 15) is 8.78 Å². The van der Waals surface area contributed by atoms with Crippen LogP contribution in [-0.4, -0.2) is 30.6 Å². The quantitative estimate of drug-likeness (QED) is 0.903. The van der Waals surface area contributed by atoms with Gasteiger partial charge in [0.25, 0.3) is 0 Å². The maximum atomic E-state index is 13.7. The van der Waals surface area contributed by atoms with E-state index in [0.717, 1.165) is 26.1 Å². The molecule has 0 spiro atoms. The zero-order chi connectivity index (χ0) is 13.8. The van der Waals surface area contributed by atoms with Crippen LogP contribution in [0.2, 0.25) is 0 Å². The number of rotatable bonds is 4. The lowest BCUT2D eigenvalue weighted by Crippen LogP contribution is -2.53. The molecule has 0 radical (unpaired) electrons. The third kappa shape index (κ3) is 3.31. The molecule has 0 saturated carbocycles. The summed E-state index contributed by atoms with van der Waals surface area (Å²) in [6, 6.07) is 4.81. The number of benzene rings is 1. The Morgan fingerprint density at radius 1 is 1.42 bits per heavy atom. The molecule has 1 fully saturated rings. The van der Waals surface area contributed by atoms with Crippen LogP contribution in [0.1, 0.15) is 25.8 Å². The first kappa shape index (κ1) is 14.4. The Balaban J connectivity index is 2.13. The van der Waals surface area contributed by atoms with Crippen LogP contribution in [-0.2, 0) is 6.54 Å². The molecular formula is C15H22F2N2. The third-order valence-corrected chi connectivity index (χ3v) is 4.10. The van der Waals surface area contributed by atoms with Crippen molar-refractivity contribution in [2.24, 2.45) is 5.92 Å². The summed E-state index contributed by atoms with van der Waals surface area (Å²) < 4.78 is 27.0. The minimum absolute atomic E-state index is 0.390. The number of piperazine rings is 1. The maximum Gasteiger partial charge on any atom is 0.163 e. The summed E-state index contributed by atoms with van der Waals surface area (Å²) >= 11 is 0. The van der Waals surface area contributed by atoms with Gasteiger partial charge in [0, 0.05) is 37.8 Å². The first-order valence-electron chi connectivity index (χ1n) is 7.01. The molecule has 106 valence electrons. The Morgan fingerprint density at radius 2 is 2.21 bits per heavy atom. The minimum atomic E-state index is -0.757. The molecule has 1 aliphatic heterocycles. The summed E-state index contributed by atoms with van der Waals surface area (Å²) in [5.41, 5.74) is 0.454. The number of nitrogens with zero attached hydrogens (tertiary/aromatic N) is 1. The van der Waals surface area contributed by atoms with E-state index < -0.39 is 11.6 Å². The average molecular weight is 268 g/mol. The molecule has 2 rings (SSSR count). The lowest BCUT2D eigenvalue weighted by Gasteiger charge is -2.39. The topological polar surface area (TPSA) is 15.3 Å². The van der Waals surface area contributed by atoms with Gasteiger partial charge in [0.2, 0.25) is 0 Å². The van der Waals surface area contributed by atoms with Crippen molar-refractivity contribution >= 4 is 0 Å². The van der Waals surface area contributed by atoms with Gasteiger partial charge >= 0.3 is 0 Å². The lowest BCUT2D eigenvalue weighted by atomic mass is 9.95. The number of halogens is 2. The van der Waals surface area contributed by atoms with Gasteiger partial charge in [-0.15, -0.1) is 0 Å². The molecule has 1 N–H and O–H groups in total. The highest BCUT2D eigenvalue weighted by Crippen LogP contribution is 2.21. The van der Waals surface area contributed by atoms with Gasteiger partial charge < -0.3 is 5.32 Å². The second kappa shape index (κ2) is 6.44. The van der Waals surface area contributed by atoms with Crippen LogP contribution in [0.25, 0.3) is 0 Å². The van der Waals surface area contributed by atoms with Crippen molar-refractivity contribution in [3.63, 3.8) is 0 Å². The van der Waals surface area contributed by atoms with E-state index in [1.807, 2.05) is 0 Å². The summed E-state index contributed by atoms with van der Waals surface area (Å²) in [4.78, 5) is 2.27. The van der Waals surface area contributed by atoms with Gasteiger partial charge in [-0.25, -0.2) is 8.78 Å². The zero-order valence-corrected chi connectivity index (χ0v) is 11.6. The van der Waals surface area contributed by atoms with Gasteiger partial charge in [0.05, 0.1) is 0 Å². The molecule has 0 aliphatic carbocycles. The van der Waals surface area contributed by atoms with Gasteiger partial charge in [0.1, 0.15) is 0 Å². The van der Waals surface area contributed by atoms with Crippen molar-refractivity contribution < 1.29 is 8.78 Å². The molecule has 2 unspecified atom stereocenters. The molecule has 2 atom stereocenters. The minimum Gasteiger partial charge on any atom is -0.314 e. The van der Waals surface area contributed by atoms with Crippen LogP contribution in [0, 0.1) is 17.6 Å². The van der Waals surface area contributed by atoms with Crippen LogP contribution in [0.5, 0.6) is 0 Å². The predicted molar refractivity (Wildman–Crippen MR) is 72.9 cm³/mol. The van der Waals surface area contributed by atoms with Crippen molar-refractivity contribution in [1.29, 1.82) is 0 Å². The molecular weight excluding hydrogens is 246 g/mol. The highest BCUT2D eigenvalue weighted by atomic mass is 19.2. The van der Waals surface area contributed by atoms with E-state index >= 15 is 0 Å². The molecule has 1 aromatic carbocycles. The second-order valence-electron chi connectivity index (χ2n) is 5.34. The Morgan fingerprint density at radius 3 is 2.95 bits per heavy atom. The van der Waals surface area contributed by atoms with Gasteiger partial charge in [-0.2, -0.15) is 0 Å². The molecule has 1 heterocycles. The van der Waals surface area contributed by atoms with E-state index in [0.29, 0.717) is 24.1 Å². The van der Waals surface area contributed by atoms with Crippen molar-refractivity contribution in [2.45, 2.75) is 32.9 Å². The molecule has 1 saturated heterocycles. The van der Waals surface area contributed by atoms with E-state index in [1.165, 1.54) is 6.07 Å². The van der Waals surface area contributed by atoms with Gasteiger partial charge in [-0.1, -0.05) is 32.4 Å². The molecule has 19 heavy (non-hydrogen) atoms. The molecule has 1 aromatic rings. The van der Waals surface area contributed by atoms with Crippen molar-refractivity contribution in [3.05, 3.63) is 35.4 Å². The van der Waals surface area contributed by atoms with Gasteiger partial charge in [-0.3, -0.25) is 4.90 Å². The molecule has 1 aliphatic rings. The molecule has 2 nitrogen and oxygen atoms in total.